The van der Waals surface area contributed by atoms with Crippen LogP contribution < -0.4 is 15.0 Å². The van der Waals surface area contributed by atoms with Crippen molar-refractivity contribution in [1.82, 2.24) is 4.98 Å². The molecule has 0 saturated heterocycles. The van der Waals surface area contributed by atoms with Gasteiger partial charge in [0.2, 0.25) is 5.91 Å². The van der Waals surface area contributed by atoms with Crippen molar-refractivity contribution in [2.24, 2.45) is 0 Å². The standard InChI is InChI=1S/C15H14N4O5S/c1-2-11-14(21)18(8-13(20)17-15-16-5-6-25-15)10-7-9(19(22)23)3-4-12(10)24-11/h3-7,11H,2,8H2,1H3,(H,16,17,20). The van der Waals surface area contributed by atoms with E-state index in [9.17, 15) is 19.7 Å². The number of benzene rings is 1. The van der Waals surface area contributed by atoms with Gasteiger partial charge >= 0.3 is 0 Å². The monoisotopic (exact) mass is 362 g/mol. The van der Waals surface area contributed by atoms with Crippen LogP contribution in [0.5, 0.6) is 5.75 Å². The number of fused-ring (bicyclic) bond motifs is 1. The van der Waals surface area contributed by atoms with Gasteiger partial charge in [-0.3, -0.25) is 24.6 Å². The SMILES string of the molecule is CCC1Oc2ccc([N+](=O)[O-])cc2N(CC(=O)Nc2nccs2)C1=O. The van der Waals surface area contributed by atoms with Crippen LogP contribution in [0.1, 0.15) is 13.3 Å². The fourth-order valence-corrected chi connectivity index (χ4v) is 2.98. The van der Waals surface area contributed by atoms with Gasteiger partial charge in [0.15, 0.2) is 11.2 Å². The molecule has 0 spiro atoms. The highest BCUT2D eigenvalue weighted by atomic mass is 32.1. The van der Waals surface area contributed by atoms with Gasteiger partial charge in [0.25, 0.3) is 11.6 Å². The maximum absolute atomic E-state index is 12.6. The third-order valence-corrected chi connectivity index (χ3v) is 4.29. The van der Waals surface area contributed by atoms with Crippen LogP contribution in [0, 0.1) is 10.1 Å². The van der Waals surface area contributed by atoms with Crippen LogP contribution in [0.2, 0.25) is 0 Å². The smallest absolute Gasteiger partial charge is 0.271 e. The summed E-state index contributed by atoms with van der Waals surface area (Å²) in [5.74, 6) is -0.526. The quantitative estimate of drug-likeness (QED) is 0.644. The number of aromatic nitrogens is 1. The van der Waals surface area contributed by atoms with Gasteiger partial charge in [-0.25, -0.2) is 4.98 Å². The Kier molecular flexibility index (Phi) is 4.61. The van der Waals surface area contributed by atoms with Crippen LogP contribution in [-0.2, 0) is 9.59 Å². The zero-order valence-corrected chi connectivity index (χ0v) is 14.0. The van der Waals surface area contributed by atoms with E-state index >= 15 is 0 Å². The Labute approximate surface area is 146 Å². The molecule has 2 aromatic rings. The minimum Gasteiger partial charge on any atom is -0.478 e. The summed E-state index contributed by atoms with van der Waals surface area (Å²) in [6.07, 6.45) is 1.23. The van der Waals surface area contributed by atoms with Gasteiger partial charge in [0.05, 0.1) is 10.6 Å². The predicted molar refractivity (Wildman–Crippen MR) is 90.9 cm³/mol. The van der Waals surface area contributed by atoms with Gasteiger partial charge in [0, 0.05) is 23.7 Å². The molecule has 1 aromatic carbocycles. The Balaban J connectivity index is 1.90. The molecule has 1 unspecified atom stereocenters. The maximum atomic E-state index is 12.6. The van der Waals surface area contributed by atoms with Crippen molar-refractivity contribution in [1.29, 1.82) is 0 Å². The predicted octanol–water partition coefficient (Wildman–Crippen LogP) is 2.19. The maximum Gasteiger partial charge on any atom is 0.271 e. The summed E-state index contributed by atoms with van der Waals surface area (Å²) < 4.78 is 5.59. The zero-order chi connectivity index (χ0) is 18.0. The number of nitrogens with zero attached hydrogens (tertiary/aromatic N) is 3. The third-order valence-electron chi connectivity index (χ3n) is 3.61. The van der Waals surface area contributed by atoms with Crippen molar-refractivity contribution in [3.8, 4) is 5.75 Å². The van der Waals surface area contributed by atoms with E-state index in [0.717, 1.165) is 0 Å². The number of hydrogen-bond acceptors (Lipinski definition) is 7. The first-order chi connectivity index (χ1) is 12.0. The van der Waals surface area contributed by atoms with E-state index in [1.54, 1.807) is 18.5 Å². The second-order valence-electron chi connectivity index (χ2n) is 5.23. The third kappa shape index (κ3) is 3.43. The van der Waals surface area contributed by atoms with E-state index in [4.69, 9.17) is 4.74 Å². The van der Waals surface area contributed by atoms with Crippen molar-refractivity contribution in [2.75, 3.05) is 16.8 Å². The van der Waals surface area contributed by atoms with Crippen molar-refractivity contribution in [3.05, 3.63) is 39.9 Å². The number of thiazole rings is 1. The molecule has 1 aromatic heterocycles. The van der Waals surface area contributed by atoms with E-state index in [0.29, 0.717) is 17.3 Å². The van der Waals surface area contributed by atoms with Gasteiger partial charge < -0.3 is 10.1 Å². The van der Waals surface area contributed by atoms with Crippen LogP contribution in [0.25, 0.3) is 0 Å². The van der Waals surface area contributed by atoms with Crippen LogP contribution in [0.4, 0.5) is 16.5 Å². The molecule has 0 fully saturated rings. The molecule has 9 nitrogen and oxygen atoms in total. The first kappa shape index (κ1) is 16.8. The molecule has 1 aliphatic heterocycles. The number of nitro benzene ring substituents is 1. The number of anilines is 2. The lowest BCUT2D eigenvalue weighted by atomic mass is 10.1. The average Bonchev–Trinajstić information content (AvgIpc) is 3.09. The molecular weight excluding hydrogens is 348 g/mol. The van der Waals surface area contributed by atoms with E-state index in [1.165, 1.54) is 34.4 Å². The fourth-order valence-electron chi connectivity index (χ4n) is 2.43. The number of hydrogen-bond donors (Lipinski definition) is 1. The van der Waals surface area contributed by atoms with Gasteiger partial charge in [-0.15, -0.1) is 11.3 Å². The summed E-state index contributed by atoms with van der Waals surface area (Å²) in [5.41, 5.74) is 0.0219. The Morgan fingerprint density at radius 1 is 1.52 bits per heavy atom. The molecule has 2 amide bonds. The summed E-state index contributed by atoms with van der Waals surface area (Å²) >= 11 is 1.25. The van der Waals surface area contributed by atoms with Crippen molar-refractivity contribution >= 4 is 39.7 Å². The van der Waals surface area contributed by atoms with Crippen molar-refractivity contribution in [2.45, 2.75) is 19.4 Å². The number of nitro groups is 1. The molecule has 25 heavy (non-hydrogen) atoms. The topological polar surface area (TPSA) is 115 Å². The van der Waals surface area contributed by atoms with E-state index in [2.05, 4.69) is 10.3 Å². The van der Waals surface area contributed by atoms with Gasteiger partial charge in [-0.05, 0) is 12.5 Å². The number of ether oxygens (including phenoxy) is 1. The van der Waals surface area contributed by atoms with Gasteiger partial charge in [-0.2, -0.15) is 0 Å². The minimum atomic E-state index is -0.735. The summed E-state index contributed by atoms with van der Waals surface area (Å²) in [7, 11) is 0. The van der Waals surface area contributed by atoms with E-state index in [1.807, 2.05) is 0 Å². The fraction of sp³-hybridized carbons (Fsp3) is 0.267. The number of rotatable bonds is 5. The lowest BCUT2D eigenvalue weighted by Crippen LogP contribution is -2.48. The van der Waals surface area contributed by atoms with Crippen LogP contribution in [-0.4, -0.2) is 34.4 Å². The normalized spacial score (nSPS) is 16.1. The first-order valence-electron chi connectivity index (χ1n) is 7.45. The second kappa shape index (κ2) is 6.85. The molecule has 0 bridgehead atoms. The van der Waals surface area contributed by atoms with Gasteiger partial charge in [0.1, 0.15) is 12.3 Å². The molecule has 1 atom stereocenters. The van der Waals surface area contributed by atoms with Gasteiger partial charge in [-0.1, -0.05) is 6.92 Å². The summed E-state index contributed by atoms with van der Waals surface area (Å²) in [6, 6.07) is 3.97. The highest BCUT2D eigenvalue weighted by Crippen LogP contribution is 2.37. The molecule has 1 aliphatic rings. The summed E-state index contributed by atoms with van der Waals surface area (Å²) in [4.78, 5) is 40.4. The largest absolute Gasteiger partial charge is 0.478 e. The molecule has 1 N–H and O–H groups in total. The van der Waals surface area contributed by atoms with E-state index in [-0.39, 0.29) is 17.9 Å². The number of carbonyl (C=O) groups excluding carboxylic acids is 2. The molecule has 3 rings (SSSR count). The number of amides is 2. The Bertz CT molecular complexity index is 823. The number of nitrogens with one attached hydrogen (secondary N) is 1. The number of non-ortho nitro benzene ring substituents is 1. The second-order valence-corrected chi connectivity index (χ2v) is 6.13. The van der Waals surface area contributed by atoms with Crippen molar-refractivity contribution in [3.63, 3.8) is 0 Å². The molecule has 130 valence electrons. The lowest BCUT2D eigenvalue weighted by molar-refractivity contribution is -0.384. The Hall–Kier alpha value is -3.01. The number of carbonyl (C=O) groups is 2. The highest BCUT2D eigenvalue weighted by Gasteiger charge is 2.35. The zero-order valence-electron chi connectivity index (χ0n) is 13.2. The minimum absolute atomic E-state index is 0.185. The van der Waals surface area contributed by atoms with E-state index < -0.39 is 22.8 Å². The molecule has 0 radical (unpaired) electrons. The summed E-state index contributed by atoms with van der Waals surface area (Å²) in [5, 5.41) is 15.7. The summed E-state index contributed by atoms with van der Waals surface area (Å²) in [6.45, 7) is 1.50. The first-order valence-corrected chi connectivity index (χ1v) is 8.33. The highest BCUT2D eigenvalue weighted by molar-refractivity contribution is 7.13. The molecular formula is C15H14N4O5S. The Morgan fingerprint density at radius 3 is 2.96 bits per heavy atom. The van der Waals surface area contributed by atoms with Crippen LogP contribution in [0.3, 0.4) is 0 Å². The molecule has 10 heteroatoms. The van der Waals surface area contributed by atoms with Crippen LogP contribution >= 0.6 is 11.3 Å². The molecule has 0 aliphatic carbocycles. The lowest BCUT2D eigenvalue weighted by Gasteiger charge is -2.33. The average molecular weight is 362 g/mol. The molecule has 2 heterocycles. The van der Waals surface area contributed by atoms with Crippen LogP contribution in [0.15, 0.2) is 29.8 Å². The van der Waals surface area contributed by atoms with Crippen molar-refractivity contribution < 1.29 is 19.2 Å². The Morgan fingerprint density at radius 2 is 2.32 bits per heavy atom. The molecule has 0 saturated carbocycles.